The molecule has 1 aromatic carbocycles. The molecule has 19 heavy (non-hydrogen) atoms. The molecule has 0 saturated carbocycles. The van der Waals surface area contributed by atoms with Crippen LogP contribution in [-0.2, 0) is 6.42 Å². The molecule has 1 aromatic heterocycles. The Morgan fingerprint density at radius 3 is 2.63 bits per heavy atom. The number of rotatable bonds is 1. The van der Waals surface area contributed by atoms with Crippen molar-refractivity contribution in [1.82, 2.24) is 9.78 Å². The van der Waals surface area contributed by atoms with Gasteiger partial charge in [0.2, 0.25) is 0 Å². The van der Waals surface area contributed by atoms with E-state index >= 15 is 0 Å². The van der Waals surface area contributed by atoms with E-state index in [2.05, 4.69) is 54.8 Å². The SMILES string of the molecule is Cc1ccc(-n2ncc3c2CC(C)(C)C[C@@H]3N)cc1. The van der Waals surface area contributed by atoms with Crippen molar-refractivity contribution >= 4 is 0 Å². The first kappa shape index (κ1) is 12.4. The summed E-state index contributed by atoms with van der Waals surface area (Å²) >= 11 is 0. The summed E-state index contributed by atoms with van der Waals surface area (Å²) in [6.45, 7) is 6.66. The van der Waals surface area contributed by atoms with Gasteiger partial charge in [0.1, 0.15) is 0 Å². The van der Waals surface area contributed by atoms with Crippen LogP contribution >= 0.6 is 0 Å². The maximum absolute atomic E-state index is 6.28. The van der Waals surface area contributed by atoms with Crippen LogP contribution in [0.4, 0.5) is 0 Å². The maximum atomic E-state index is 6.28. The Hall–Kier alpha value is -1.61. The second-order valence-electron chi connectivity index (χ2n) is 6.45. The van der Waals surface area contributed by atoms with Crippen LogP contribution in [0.15, 0.2) is 30.5 Å². The van der Waals surface area contributed by atoms with E-state index in [1.807, 2.05) is 6.20 Å². The molecule has 0 fully saturated rings. The van der Waals surface area contributed by atoms with Gasteiger partial charge in [0.25, 0.3) is 0 Å². The van der Waals surface area contributed by atoms with Crippen molar-refractivity contribution in [2.75, 3.05) is 0 Å². The molecular formula is C16H21N3. The average Bonchev–Trinajstić information content (AvgIpc) is 2.72. The number of hydrogen-bond acceptors (Lipinski definition) is 2. The van der Waals surface area contributed by atoms with Crippen LogP contribution in [0.1, 0.15) is 43.1 Å². The summed E-state index contributed by atoms with van der Waals surface area (Å²) in [4.78, 5) is 0. The van der Waals surface area contributed by atoms with Crippen LogP contribution < -0.4 is 5.73 Å². The molecule has 0 amide bonds. The topological polar surface area (TPSA) is 43.8 Å². The standard InChI is InChI=1S/C16H21N3/c1-11-4-6-12(7-5-11)19-15-9-16(2,3)8-14(17)13(15)10-18-19/h4-7,10,14H,8-9,17H2,1-3H3/t14-/m0/s1. The van der Waals surface area contributed by atoms with Crippen LogP contribution in [0.3, 0.4) is 0 Å². The maximum Gasteiger partial charge on any atom is 0.0649 e. The van der Waals surface area contributed by atoms with Crippen LogP contribution in [0.2, 0.25) is 0 Å². The van der Waals surface area contributed by atoms with Gasteiger partial charge in [-0.25, -0.2) is 4.68 Å². The van der Waals surface area contributed by atoms with Gasteiger partial charge in [0, 0.05) is 17.3 Å². The number of aromatic nitrogens is 2. The van der Waals surface area contributed by atoms with Gasteiger partial charge in [0.05, 0.1) is 11.9 Å². The molecule has 1 atom stereocenters. The minimum atomic E-state index is 0.109. The second-order valence-corrected chi connectivity index (χ2v) is 6.45. The molecule has 3 heteroatoms. The minimum absolute atomic E-state index is 0.109. The summed E-state index contributed by atoms with van der Waals surface area (Å²) < 4.78 is 2.05. The van der Waals surface area contributed by atoms with Crippen LogP contribution in [0, 0.1) is 12.3 Å². The van der Waals surface area contributed by atoms with Crippen molar-refractivity contribution in [1.29, 1.82) is 0 Å². The van der Waals surface area contributed by atoms with Crippen LogP contribution in [-0.4, -0.2) is 9.78 Å². The lowest BCUT2D eigenvalue weighted by Crippen LogP contribution is -2.30. The van der Waals surface area contributed by atoms with Crippen molar-refractivity contribution in [2.24, 2.45) is 11.1 Å². The van der Waals surface area contributed by atoms with E-state index in [0.29, 0.717) is 0 Å². The van der Waals surface area contributed by atoms with Crippen LogP contribution in [0.25, 0.3) is 5.69 Å². The fourth-order valence-corrected chi connectivity index (χ4v) is 3.01. The van der Waals surface area contributed by atoms with Gasteiger partial charge in [-0.3, -0.25) is 0 Å². The molecule has 100 valence electrons. The molecule has 3 rings (SSSR count). The normalized spacial score (nSPS) is 21.2. The summed E-state index contributed by atoms with van der Waals surface area (Å²) in [5, 5.41) is 4.55. The van der Waals surface area contributed by atoms with E-state index < -0.39 is 0 Å². The summed E-state index contributed by atoms with van der Waals surface area (Å²) in [5.74, 6) is 0. The first-order valence-corrected chi connectivity index (χ1v) is 6.86. The highest BCUT2D eigenvalue weighted by Crippen LogP contribution is 2.40. The lowest BCUT2D eigenvalue weighted by Gasteiger charge is -2.33. The predicted octanol–water partition coefficient (Wildman–Crippen LogP) is 3.15. The van der Waals surface area contributed by atoms with E-state index in [9.17, 15) is 0 Å². The Morgan fingerprint density at radius 2 is 1.95 bits per heavy atom. The van der Waals surface area contributed by atoms with E-state index in [-0.39, 0.29) is 11.5 Å². The molecule has 0 bridgehead atoms. The van der Waals surface area contributed by atoms with Crippen molar-refractivity contribution in [3.63, 3.8) is 0 Å². The van der Waals surface area contributed by atoms with Gasteiger partial charge < -0.3 is 5.73 Å². The Kier molecular flexibility index (Phi) is 2.75. The first-order valence-electron chi connectivity index (χ1n) is 6.86. The Morgan fingerprint density at radius 1 is 1.26 bits per heavy atom. The molecule has 0 radical (unpaired) electrons. The monoisotopic (exact) mass is 255 g/mol. The molecule has 2 N–H and O–H groups in total. The number of nitrogens with zero attached hydrogens (tertiary/aromatic N) is 2. The smallest absolute Gasteiger partial charge is 0.0649 e. The second kappa shape index (κ2) is 4.20. The highest BCUT2D eigenvalue weighted by Gasteiger charge is 2.33. The highest BCUT2D eigenvalue weighted by atomic mass is 15.3. The van der Waals surface area contributed by atoms with E-state index in [0.717, 1.165) is 18.5 Å². The van der Waals surface area contributed by atoms with Gasteiger partial charge in [0.15, 0.2) is 0 Å². The summed E-state index contributed by atoms with van der Waals surface area (Å²) in [6, 6.07) is 8.60. The van der Waals surface area contributed by atoms with Crippen molar-refractivity contribution in [3.05, 3.63) is 47.3 Å². The number of benzene rings is 1. The van der Waals surface area contributed by atoms with Gasteiger partial charge in [-0.05, 0) is 37.3 Å². The quantitative estimate of drug-likeness (QED) is 0.850. The number of aryl methyl sites for hydroxylation is 1. The molecule has 0 spiro atoms. The minimum Gasteiger partial charge on any atom is -0.324 e. The van der Waals surface area contributed by atoms with Crippen LogP contribution in [0.5, 0.6) is 0 Å². The summed E-state index contributed by atoms with van der Waals surface area (Å²) in [6.07, 6.45) is 4.00. The Bertz CT molecular complexity index is 593. The zero-order chi connectivity index (χ0) is 13.6. The zero-order valence-electron chi connectivity index (χ0n) is 11.9. The van der Waals surface area contributed by atoms with Gasteiger partial charge in [-0.2, -0.15) is 5.10 Å². The zero-order valence-corrected chi connectivity index (χ0v) is 11.9. The lowest BCUT2D eigenvalue weighted by atomic mass is 9.74. The molecule has 1 aliphatic rings. The van der Waals surface area contributed by atoms with Crippen molar-refractivity contribution in [2.45, 2.75) is 39.7 Å². The molecule has 1 aliphatic carbocycles. The Labute approximate surface area is 114 Å². The number of nitrogens with two attached hydrogens (primary N) is 1. The third kappa shape index (κ3) is 2.19. The number of fused-ring (bicyclic) bond motifs is 1. The molecule has 0 saturated heterocycles. The average molecular weight is 255 g/mol. The fourth-order valence-electron chi connectivity index (χ4n) is 3.01. The van der Waals surface area contributed by atoms with Gasteiger partial charge in [-0.15, -0.1) is 0 Å². The first-order chi connectivity index (χ1) is 8.96. The molecule has 1 heterocycles. The Balaban J connectivity index is 2.08. The van der Waals surface area contributed by atoms with E-state index in [1.54, 1.807) is 0 Å². The largest absolute Gasteiger partial charge is 0.324 e. The van der Waals surface area contributed by atoms with Crippen molar-refractivity contribution < 1.29 is 0 Å². The van der Waals surface area contributed by atoms with Gasteiger partial charge >= 0.3 is 0 Å². The fraction of sp³-hybridized carbons (Fsp3) is 0.438. The third-order valence-electron chi connectivity index (χ3n) is 4.00. The van der Waals surface area contributed by atoms with Crippen molar-refractivity contribution in [3.8, 4) is 5.69 Å². The molecule has 3 nitrogen and oxygen atoms in total. The predicted molar refractivity (Wildman–Crippen MR) is 77.3 cm³/mol. The molecule has 2 aromatic rings. The number of hydrogen-bond donors (Lipinski definition) is 1. The third-order valence-corrected chi connectivity index (χ3v) is 4.00. The van der Waals surface area contributed by atoms with E-state index in [1.165, 1.54) is 16.8 Å². The van der Waals surface area contributed by atoms with Gasteiger partial charge in [-0.1, -0.05) is 31.5 Å². The summed E-state index contributed by atoms with van der Waals surface area (Å²) in [5.41, 5.74) is 11.4. The highest BCUT2D eigenvalue weighted by molar-refractivity contribution is 5.39. The summed E-state index contributed by atoms with van der Waals surface area (Å²) in [7, 11) is 0. The lowest BCUT2D eigenvalue weighted by molar-refractivity contribution is 0.278. The molecular weight excluding hydrogens is 234 g/mol. The van der Waals surface area contributed by atoms with E-state index in [4.69, 9.17) is 5.73 Å². The molecule has 0 unspecified atom stereocenters. The molecule has 0 aliphatic heterocycles.